The van der Waals surface area contributed by atoms with Crippen LogP contribution in [0.1, 0.15) is 56.8 Å². The molecule has 1 aromatic rings. The monoisotopic (exact) mass is 277 g/mol. The fraction of sp³-hybridized carbons (Fsp3) is 0.733. The standard InChI is InChI=1S/C15H23N3O2/c1-2-20-15(8-4-3-5-9-15)14-17-12-11(13(19)18-14)7-6-10-16-12/h2-10H2,1H3,(H2,16,17,18,19). The molecule has 3 rings (SSSR count). The fourth-order valence-electron chi connectivity index (χ4n) is 3.41. The summed E-state index contributed by atoms with van der Waals surface area (Å²) in [6.45, 7) is 3.55. The smallest absolute Gasteiger partial charge is 0.256 e. The minimum atomic E-state index is -0.389. The van der Waals surface area contributed by atoms with Crippen LogP contribution in [-0.2, 0) is 16.8 Å². The lowest BCUT2D eigenvalue weighted by Gasteiger charge is -2.36. The van der Waals surface area contributed by atoms with Gasteiger partial charge in [-0.1, -0.05) is 19.3 Å². The Hall–Kier alpha value is -1.36. The molecule has 0 atom stereocenters. The number of fused-ring (bicyclic) bond motifs is 1. The third-order valence-electron chi connectivity index (χ3n) is 4.42. The summed E-state index contributed by atoms with van der Waals surface area (Å²) in [6, 6.07) is 0. The van der Waals surface area contributed by atoms with E-state index in [2.05, 4.69) is 10.3 Å². The van der Waals surface area contributed by atoms with Crippen molar-refractivity contribution in [3.05, 3.63) is 21.7 Å². The topological polar surface area (TPSA) is 67.0 Å². The van der Waals surface area contributed by atoms with Crippen molar-refractivity contribution in [3.63, 3.8) is 0 Å². The number of hydrogen-bond donors (Lipinski definition) is 2. The molecule has 0 unspecified atom stereocenters. The summed E-state index contributed by atoms with van der Waals surface area (Å²) < 4.78 is 6.04. The fourth-order valence-corrected chi connectivity index (χ4v) is 3.41. The average molecular weight is 277 g/mol. The number of rotatable bonds is 3. The molecule has 1 saturated carbocycles. The number of hydrogen-bond acceptors (Lipinski definition) is 4. The molecule has 5 nitrogen and oxygen atoms in total. The summed E-state index contributed by atoms with van der Waals surface area (Å²) in [7, 11) is 0. The van der Waals surface area contributed by atoms with Crippen LogP contribution in [0.5, 0.6) is 0 Å². The van der Waals surface area contributed by atoms with Crippen molar-refractivity contribution in [1.29, 1.82) is 0 Å². The highest BCUT2D eigenvalue weighted by Crippen LogP contribution is 2.39. The molecule has 2 heterocycles. The van der Waals surface area contributed by atoms with Gasteiger partial charge in [-0.25, -0.2) is 4.98 Å². The molecule has 2 aliphatic rings. The van der Waals surface area contributed by atoms with Crippen molar-refractivity contribution in [2.75, 3.05) is 18.5 Å². The Labute approximate surface area is 119 Å². The molecule has 0 saturated heterocycles. The Morgan fingerprint density at radius 2 is 2.05 bits per heavy atom. The zero-order valence-electron chi connectivity index (χ0n) is 12.1. The molecule has 1 aromatic heterocycles. The van der Waals surface area contributed by atoms with Gasteiger partial charge in [0.1, 0.15) is 17.2 Å². The van der Waals surface area contributed by atoms with Crippen LogP contribution < -0.4 is 10.9 Å². The van der Waals surface area contributed by atoms with Crippen molar-refractivity contribution in [2.45, 2.75) is 57.5 Å². The lowest BCUT2D eigenvalue weighted by Crippen LogP contribution is -2.37. The number of H-pyrrole nitrogens is 1. The molecule has 110 valence electrons. The average Bonchev–Trinajstić information content (AvgIpc) is 2.48. The third-order valence-corrected chi connectivity index (χ3v) is 4.42. The van der Waals surface area contributed by atoms with Crippen LogP contribution in [0.25, 0.3) is 0 Å². The van der Waals surface area contributed by atoms with E-state index in [0.29, 0.717) is 6.61 Å². The van der Waals surface area contributed by atoms with Crippen LogP contribution in [0.3, 0.4) is 0 Å². The van der Waals surface area contributed by atoms with Crippen LogP contribution in [0.2, 0.25) is 0 Å². The van der Waals surface area contributed by atoms with Gasteiger partial charge in [0.15, 0.2) is 0 Å². The van der Waals surface area contributed by atoms with Gasteiger partial charge in [-0.3, -0.25) is 4.79 Å². The predicted molar refractivity (Wildman–Crippen MR) is 78.1 cm³/mol. The molecular formula is C15H23N3O2. The van der Waals surface area contributed by atoms with E-state index >= 15 is 0 Å². The molecule has 1 aliphatic heterocycles. The van der Waals surface area contributed by atoms with Crippen LogP contribution in [0.4, 0.5) is 5.82 Å². The lowest BCUT2D eigenvalue weighted by atomic mass is 9.83. The summed E-state index contributed by atoms with van der Waals surface area (Å²) in [5.41, 5.74) is 0.407. The van der Waals surface area contributed by atoms with Crippen LogP contribution in [0, 0.1) is 0 Å². The van der Waals surface area contributed by atoms with E-state index in [9.17, 15) is 4.79 Å². The van der Waals surface area contributed by atoms with Crippen molar-refractivity contribution in [1.82, 2.24) is 9.97 Å². The van der Waals surface area contributed by atoms with Crippen molar-refractivity contribution in [2.24, 2.45) is 0 Å². The van der Waals surface area contributed by atoms with E-state index in [1.54, 1.807) is 0 Å². The molecule has 0 radical (unpaired) electrons. The summed E-state index contributed by atoms with van der Waals surface area (Å²) in [5.74, 6) is 1.48. The molecule has 5 heteroatoms. The maximum absolute atomic E-state index is 12.3. The molecule has 1 aliphatic carbocycles. The highest BCUT2D eigenvalue weighted by molar-refractivity contribution is 5.45. The van der Waals surface area contributed by atoms with E-state index in [-0.39, 0.29) is 11.2 Å². The second-order valence-electron chi connectivity index (χ2n) is 5.76. The first-order valence-corrected chi connectivity index (χ1v) is 7.77. The molecule has 0 spiro atoms. The number of aromatic amines is 1. The van der Waals surface area contributed by atoms with Gasteiger partial charge in [0.2, 0.25) is 0 Å². The molecule has 1 fully saturated rings. The van der Waals surface area contributed by atoms with Crippen molar-refractivity contribution >= 4 is 5.82 Å². The number of ether oxygens (including phenoxy) is 1. The first kappa shape index (κ1) is 13.6. The van der Waals surface area contributed by atoms with E-state index in [0.717, 1.165) is 62.3 Å². The minimum absolute atomic E-state index is 0.00171. The Morgan fingerprint density at radius 1 is 1.25 bits per heavy atom. The van der Waals surface area contributed by atoms with Crippen molar-refractivity contribution < 1.29 is 4.74 Å². The van der Waals surface area contributed by atoms with E-state index in [4.69, 9.17) is 9.72 Å². The SMILES string of the molecule is CCOC1(c2nc3c(c(=O)[nH]2)CCCN3)CCCCC1. The number of nitrogens with zero attached hydrogens (tertiary/aromatic N) is 1. The Bertz CT molecular complexity index is 527. The van der Waals surface area contributed by atoms with E-state index in [1.807, 2.05) is 6.92 Å². The second-order valence-corrected chi connectivity index (χ2v) is 5.76. The highest BCUT2D eigenvalue weighted by atomic mass is 16.5. The first-order valence-electron chi connectivity index (χ1n) is 7.77. The van der Waals surface area contributed by atoms with E-state index < -0.39 is 0 Å². The van der Waals surface area contributed by atoms with Crippen LogP contribution in [-0.4, -0.2) is 23.1 Å². The normalized spacial score (nSPS) is 21.1. The molecule has 0 aromatic carbocycles. The molecule has 0 amide bonds. The van der Waals surface area contributed by atoms with Gasteiger partial charge in [0.25, 0.3) is 5.56 Å². The number of aromatic nitrogens is 2. The van der Waals surface area contributed by atoms with Gasteiger partial charge in [0.05, 0.1) is 5.56 Å². The third kappa shape index (κ3) is 2.35. The maximum Gasteiger partial charge on any atom is 0.256 e. The largest absolute Gasteiger partial charge is 0.370 e. The number of anilines is 1. The van der Waals surface area contributed by atoms with Gasteiger partial charge >= 0.3 is 0 Å². The molecular weight excluding hydrogens is 254 g/mol. The van der Waals surface area contributed by atoms with Gasteiger partial charge < -0.3 is 15.0 Å². The van der Waals surface area contributed by atoms with Gasteiger partial charge in [-0.2, -0.15) is 0 Å². The Kier molecular flexibility index (Phi) is 3.78. The minimum Gasteiger partial charge on any atom is -0.370 e. The van der Waals surface area contributed by atoms with Gasteiger partial charge in [0, 0.05) is 13.2 Å². The Balaban J connectivity index is 2.03. The Morgan fingerprint density at radius 3 is 2.80 bits per heavy atom. The lowest BCUT2D eigenvalue weighted by molar-refractivity contribution is -0.0767. The summed E-state index contributed by atoms with van der Waals surface area (Å²) in [4.78, 5) is 20.0. The highest BCUT2D eigenvalue weighted by Gasteiger charge is 2.38. The van der Waals surface area contributed by atoms with Gasteiger partial charge in [-0.15, -0.1) is 0 Å². The zero-order chi connectivity index (χ0) is 14.0. The first-order chi connectivity index (χ1) is 9.75. The summed E-state index contributed by atoms with van der Waals surface area (Å²) in [5, 5.41) is 3.26. The van der Waals surface area contributed by atoms with E-state index in [1.165, 1.54) is 6.42 Å². The van der Waals surface area contributed by atoms with Gasteiger partial charge in [-0.05, 0) is 32.6 Å². The predicted octanol–water partition coefficient (Wildman–Crippen LogP) is 2.32. The van der Waals surface area contributed by atoms with Crippen molar-refractivity contribution in [3.8, 4) is 0 Å². The quantitative estimate of drug-likeness (QED) is 0.890. The second kappa shape index (κ2) is 5.56. The summed E-state index contributed by atoms with van der Waals surface area (Å²) >= 11 is 0. The summed E-state index contributed by atoms with van der Waals surface area (Å²) in [6.07, 6.45) is 7.20. The number of nitrogens with one attached hydrogen (secondary N) is 2. The van der Waals surface area contributed by atoms with Crippen LogP contribution >= 0.6 is 0 Å². The molecule has 2 N–H and O–H groups in total. The molecule has 0 bridgehead atoms. The zero-order valence-corrected chi connectivity index (χ0v) is 12.1. The van der Waals surface area contributed by atoms with Crippen LogP contribution in [0.15, 0.2) is 4.79 Å². The maximum atomic E-state index is 12.3. The molecule has 20 heavy (non-hydrogen) atoms.